The zero-order chi connectivity index (χ0) is 14.3. The molecule has 0 aromatic heterocycles. The van der Waals surface area contributed by atoms with E-state index in [0.29, 0.717) is 19.4 Å². The molecule has 7 nitrogen and oxygen atoms in total. The fourth-order valence-electron chi connectivity index (χ4n) is 1.82. The summed E-state index contributed by atoms with van der Waals surface area (Å²) in [5.74, 6) is -2.91. The fourth-order valence-corrected chi connectivity index (χ4v) is 1.82. The summed E-state index contributed by atoms with van der Waals surface area (Å²) in [6.07, 6.45) is 2.86. The molecule has 2 atom stereocenters. The maximum atomic E-state index is 11.6. The smallest absolute Gasteiger partial charge is 0.246 e. The molecule has 19 heavy (non-hydrogen) atoms. The third-order valence-electron chi connectivity index (χ3n) is 3.06. The van der Waals surface area contributed by atoms with Gasteiger partial charge in [-0.1, -0.05) is 6.42 Å². The van der Waals surface area contributed by atoms with E-state index in [1.165, 1.54) is 0 Å². The van der Waals surface area contributed by atoms with Crippen molar-refractivity contribution < 1.29 is 19.7 Å². The van der Waals surface area contributed by atoms with Crippen molar-refractivity contribution in [2.75, 3.05) is 19.7 Å². The first-order valence-electron chi connectivity index (χ1n) is 6.56. The number of ether oxygens (including phenoxy) is 1. The lowest BCUT2D eigenvalue weighted by molar-refractivity contribution is -0.225. The third-order valence-corrected chi connectivity index (χ3v) is 3.06. The van der Waals surface area contributed by atoms with Gasteiger partial charge in [0.1, 0.15) is 0 Å². The van der Waals surface area contributed by atoms with Crippen LogP contribution in [-0.4, -0.2) is 48.3 Å². The van der Waals surface area contributed by atoms with Crippen molar-refractivity contribution >= 4 is 11.7 Å². The lowest BCUT2D eigenvalue weighted by atomic mass is 10.0. The molecule has 0 radical (unpaired) electrons. The number of carbonyl (C=O) groups excluding carboxylic acids is 1. The van der Waals surface area contributed by atoms with Gasteiger partial charge < -0.3 is 26.4 Å². The highest BCUT2D eigenvalue weighted by atomic mass is 16.6. The number of Topliss-reactive ketones (excluding diaryl/α,β-unsaturated/α-hetero) is 1. The maximum absolute atomic E-state index is 11.6. The van der Waals surface area contributed by atoms with Gasteiger partial charge in [-0.25, -0.2) is 0 Å². The van der Waals surface area contributed by atoms with E-state index < -0.39 is 23.5 Å². The van der Waals surface area contributed by atoms with E-state index >= 15 is 0 Å². The summed E-state index contributed by atoms with van der Waals surface area (Å²) < 4.78 is 5.01. The minimum Gasteiger partial charge on any atom is -0.861 e. The molecule has 0 bridgehead atoms. The van der Waals surface area contributed by atoms with Crippen LogP contribution in [0.5, 0.6) is 0 Å². The predicted octanol–water partition coefficient (Wildman–Crippen LogP) is -1.73. The Balaban J connectivity index is 2.47. The van der Waals surface area contributed by atoms with Gasteiger partial charge in [-0.05, 0) is 31.7 Å². The van der Waals surface area contributed by atoms with Gasteiger partial charge in [-0.2, -0.15) is 0 Å². The van der Waals surface area contributed by atoms with Crippen molar-refractivity contribution in [3.63, 3.8) is 0 Å². The quantitative estimate of drug-likeness (QED) is 0.286. The Morgan fingerprint density at radius 1 is 1.58 bits per heavy atom. The van der Waals surface area contributed by atoms with Gasteiger partial charge in [-0.15, -0.1) is 0 Å². The van der Waals surface area contributed by atoms with Crippen LogP contribution in [0.25, 0.3) is 0 Å². The number of ketones is 1. The maximum Gasteiger partial charge on any atom is 0.246 e. The Kier molecular flexibility index (Phi) is 6.36. The van der Waals surface area contributed by atoms with Gasteiger partial charge in [0.2, 0.25) is 5.79 Å². The SMILES string of the molecule is NCCCC[C@H](N)C([O-])=NC[C@]1(O)OCCCC1=O. The average molecular weight is 272 g/mol. The molecule has 0 spiro atoms. The van der Waals surface area contributed by atoms with Gasteiger partial charge in [0.25, 0.3) is 0 Å². The number of aliphatic imine (C=N–C) groups is 1. The van der Waals surface area contributed by atoms with Gasteiger partial charge in [0.15, 0.2) is 5.78 Å². The molecule has 1 fully saturated rings. The van der Waals surface area contributed by atoms with E-state index in [2.05, 4.69) is 4.99 Å². The van der Waals surface area contributed by atoms with E-state index in [1.807, 2.05) is 0 Å². The first kappa shape index (κ1) is 16.0. The highest BCUT2D eigenvalue weighted by molar-refractivity contribution is 5.87. The van der Waals surface area contributed by atoms with Crippen LogP contribution in [0.1, 0.15) is 32.1 Å². The number of hydrogen-bond donors (Lipinski definition) is 3. The Hall–Kier alpha value is -1.02. The molecule has 1 rings (SSSR count). The van der Waals surface area contributed by atoms with Crippen molar-refractivity contribution in [3.8, 4) is 0 Å². The Morgan fingerprint density at radius 3 is 2.95 bits per heavy atom. The monoisotopic (exact) mass is 272 g/mol. The zero-order valence-electron chi connectivity index (χ0n) is 11.0. The zero-order valence-corrected chi connectivity index (χ0v) is 11.0. The average Bonchev–Trinajstić information content (AvgIpc) is 2.40. The number of aliphatic hydroxyl groups is 1. The number of unbranched alkanes of at least 4 members (excludes halogenated alkanes) is 1. The molecule has 7 heteroatoms. The molecule has 1 aliphatic heterocycles. The van der Waals surface area contributed by atoms with Gasteiger partial charge in [0, 0.05) is 12.5 Å². The topological polar surface area (TPSA) is 134 Å². The molecule has 1 saturated heterocycles. The molecule has 0 unspecified atom stereocenters. The molecule has 0 aromatic carbocycles. The Morgan fingerprint density at radius 2 is 2.32 bits per heavy atom. The lowest BCUT2D eigenvalue weighted by Gasteiger charge is -2.30. The van der Waals surface area contributed by atoms with Crippen LogP contribution >= 0.6 is 0 Å². The molecule has 1 heterocycles. The molecule has 0 saturated carbocycles. The molecule has 0 aliphatic carbocycles. The second kappa shape index (κ2) is 7.54. The number of nitrogens with zero attached hydrogens (tertiary/aromatic N) is 1. The van der Waals surface area contributed by atoms with Crippen LogP contribution in [0.4, 0.5) is 0 Å². The van der Waals surface area contributed by atoms with Gasteiger partial charge in [0.05, 0.1) is 13.2 Å². The molecule has 110 valence electrons. The summed E-state index contributed by atoms with van der Waals surface area (Å²) in [6, 6.07) is -0.714. The Bertz CT molecular complexity index is 335. The van der Waals surface area contributed by atoms with Crippen molar-refractivity contribution in [3.05, 3.63) is 0 Å². The first-order chi connectivity index (χ1) is 8.99. The standard InChI is InChI=1S/C12H23N3O4/c13-6-2-1-4-9(14)11(17)15-8-12(18)10(16)5-3-7-19-12/h9,18H,1-8,13-14H2,(H,15,17)/p-1/t9-,12-/m0/s1. The minimum absolute atomic E-state index is 0.239. The third kappa shape index (κ3) is 4.87. The number of rotatable bonds is 7. The summed E-state index contributed by atoms with van der Waals surface area (Å²) in [5.41, 5.74) is 11.0. The van der Waals surface area contributed by atoms with E-state index in [4.69, 9.17) is 16.2 Å². The molecule has 1 aliphatic rings. The summed E-state index contributed by atoms with van der Waals surface area (Å²) in [4.78, 5) is 15.2. The fraction of sp³-hybridized carbons (Fsp3) is 0.833. The number of hydrogen-bond acceptors (Lipinski definition) is 7. The van der Waals surface area contributed by atoms with Crippen LogP contribution in [0.2, 0.25) is 0 Å². The largest absolute Gasteiger partial charge is 0.861 e. The van der Waals surface area contributed by atoms with Crippen LogP contribution in [0.3, 0.4) is 0 Å². The predicted molar refractivity (Wildman–Crippen MR) is 68.3 cm³/mol. The van der Waals surface area contributed by atoms with Crippen molar-refractivity contribution in [2.45, 2.75) is 43.9 Å². The molecule has 0 aromatic rings. The molecular formula is C12H22N3O4-. The summed E-state index contributed by atoms with van der Waals surface area (Å²) in [7, 11) is 0. The van der Waals surface area contributed by atoms with Crippen molar-refractivity contribution in [1.82, 2.24) is 0 Å². The number of carbonyl (C=O) groups is 1. The van der Waals surface area contributed by atoms with Gasteiger partial charge >= 0.3 is 0 Å². The summed E-state index contributed by atoms with van der Waals surface area (Å²) in [6.45, 7) is 0.462. The van der Waals surface area contributed by atoms with Crippen molar-refractivity contribution in [1.29, 1.82) is 0 Å². The molecular weight excluding hydrogens is 250 g/mol. The van der Waals surface area contributed by atoms with Crippen molar-refractivity contribution in [2.24, 2.45) is 16.5 Å². The number of nitrogens with two attached hydrogens (primary N) is 2. The second-order valence-corrected chi connectivity index (χ2v) is 4.70. The van der Waals surface area contributed by atoms with Crippen LogP contribution in [-0.2, 0) is 9.53 Å². The van der Waals surface area contributed by atoms with E-state index in [0.717, 1.165) is 12.8 Å². The summed E-state index contributed by atoms with van der Waals surface area (Å²) in [5, 5.41) is 21.5. The van der Waals surface area contributed by atoms with Gasteiger partial charge in [-0.3, -0.25) is 9.79 Å². The molecule has 0 amide bonds. The molecule has 5 N–H and O–H groups in total. The Labute approximate surface area is 112 Å². The highest BCUT2D eigenvalue weighted by Crippen LogP contribution is 2.19. The van der Waals surface area contributed by atoms with E-state index in [9.17, 15) is 15.0 Å². The normalized spacial score (nSPS) is 26.5. The summed E-state index contributed by atoms with van der Waals surface area (Å²) >= 11 is 0. The van der Waals surface area contributed by atoms with Crippen LogP contribution < -0.4 is 16.6 Å². The minimum atomic E-state index is -1.95. The lowest BCUT2D eigenvalue weighted by Crippen LogP contribution is -2.49. The highest BCUT2D eigenvalue weighted by Gasteiger charge is 2.38. The second-order valence-electron chi connectivity index (χ2n) is 4.70. The van der Waals surface area contributed by atoms with E-state index in [1.54, 1.807) is 0 Å². The first-order valence-corrected chi connectivity index (χ1v) is 6.56. The van der Waals surface area contributed by atoms with Crippen LogP contribution in [0.15, 0.2) is 4.99 Å². The van der Waals surface area contributed by atoms with E-state index in [-0.39, 0.29) is 19.6 Å². The van der Waals surface area contributed by atoms with Crippen LogP contribution in [0, 0.1) is 0 Å².